The van der Waals surface area contributed by atoms with Crippen LogP contribution in [0.3, 0.4) is 0 Å². The largest absolute Gasteiger partial charge is 0.377 e. The quantitative estimate of drug-likeness (QED) is 0.749. The maximum absolute atomic E-state index is 12.7. The minimum absolute atomic E-state index is 0.0980. The zero-order valence-corrected chi connectivity index (χ0v) is 14.7. The molecule has 1 aliphatic heterocycles. The number of aromatic amines is 1. The molecule has 26 heavy (non-hydrogen) atoms. The summed E-state index contributed by atoms with van der Waals surface area (Å²) in [6.07, 6.45) is 9.26. The third-order valence-electron chi connectivity index (χ3n) is 4.70. The van der Waals surface area contributed by atoms with Gasteiger partial charge in [-0.25, -0.2) is 4.98 Å². The summed E-state index contributed by atoms with van der Waals surface area (Å²) in [6.45, 7) is 1.69. The van der Waals surface area contributed by atoms with Crippen LogP contribution in [0.1, 0.15) is 42.6 Å². The Kier molecular flexibility index (Phi) is 6.17. The molecule has 0 radical (unpaired) electrons. The van der Waals surface area contributed by atoms with Crippen LogP contribution in [0.15, 0.2) is 28.8 Å². The first-order valence-corrected chi connectivity index (χ1v) is 9.01. The monoisotopic (exact) mass is 360 g/mol. The molecule has 1 unspecified atom stereocenters. The van der Waals surface area contributed by atoms with E-state index in [4.69, 9.17) is 4.74 Å². The summed E-state index contributed by atoms with van der Waals surface area (Å²) in [5, 5.41) is 2.94. The van der Waals surface area contributed by atoms with Gasteiger partial charge in [-0.05, 0) is 25.7 Å². The molecule has 0 bridgehead atoms. The Balaban J connectivity index is 1.58. The summed E-state index contributed by atoms with van der Waals surface area (Å²) in [5.41, 5.74) is 1.07. The van der Waals surface area contributed by atoms with Gasteiger partial charge in [0.1, 0.15) is 5.69 Å². The van der Waals surface area contributed by atoms with E-state index >= 15 is 0 Å². The lowest BCUT2D eigenvalue weighted by molar-refractivity contribution is -0.123. The van der Waals surface area contributed by atoms with Crippen LogP contribution in [0.25, 0.3) is 0 Å². The summed E-state index contributed by atoms with van der Waals surface area (Å²) in [5.74, 6) is -0.406. The van der Waals surface area contributed by atoms with Gasteiger partial charge in [-0.1, -0.05) is 11.6 Å². The van der Waals surface area contributed by atoms with Gasteiger partial charge in [0.15, 0.2) is 0 Å². The fourth-order valence-electron chi connectivity index (χ4n) is 3.26. The van der Waals surface area contributed by atoms with Gasteiger partial charge in [0.2, 0.25) is 5.91 Å². The summed E-state index contributed by atoms with van der Waals surface area (Å²) >= 11 is 0. The molecule has 0 saturated carbocycles. The van der Waals surface area contributed by atoms with E-state index < -0.39 is 0 Å². The lowest BCUT2D eigenvalue weighted by Crippen LogP contribution is -2.50. The van der Waals surface area contributed by atoms with Gasteiger partial charge in [-0.2, -0.15) is 0 Å². The zero-order valence-electron chi connectivity index (χ0n) is 14.7. The molecule has 1 aliphatic carbocycles. The predicted molar refractivity (Wildman–Crippen MR) is 94.7 cm³/mol. The molecule has 2 amide bonds. The molecular weight excluding hydrogens is 336 g/mol. The highest BCUT2D eigenvalue weighted by Gasteiger charge is 2.30. The standard InChI is InChI=1S/C18H24N4O4/c23-16(20-9-13-4-2-1-3-5-13)8-14-12-26-7-6-22(14)18(25)15-10-21-17(24)11-19-15/h4,10-11,14H,1-3,5-9,12H2,(H,20,23)(H,21,24). The molecule has 1 saturated heterocycles. The van der Waals surface area contributed by atoms with Gasteiger partial charge in [0.05, 0.1) is 25.5 Å². The van der Waals surface area contributed by atoms with E-state index in [0.29, 0.717) is 26.3 Å². The summed E-state index contributed by atoms with van der Waals surface area (Å²) in [4.78, 5) is 44.0. The van der Waals surface area contributed by atoms with E-state index in [2.05, 4.69) is 21.4 Å². The van der Waals surface area contributed by atoms with Crippen LogP contribution in [0.2, 0.25) is 0 Å². The van der Waals surface area contributed by atoms with Crippen LogP contribution in [0.5, 0.6) is 0 Å². The molecule has 8 nitrogen and oxygen atoms in total. The lowest BCUT2D eigenvalue weighted by atomic mass is 9.99. The van der Waals surface area contributed by atoms with Crippen molar-refractivity contribution in [1.82, 2.24) is 20.2 Å². The van der Waals surface area contributed by atoms with Crippen LogP contribution >= 0.6 is 0 Å². The number of morpholine rings is 1. The van der Waals surface area contributed by atoms with E-state index in [-0.39, 0.29) is 35.5 Å². The smallest absolute Gasteiger partial charge is 0.274 e. The van der Waals surface area contributed by atoms with Crippen molar-refractivity contribution in [3.63, 3.8) is 0 Å². The Morgan fingerprint density at radius 3 is 3.00 bits per heavy atom. The van der Waals surface area contributed by atoms with Crippen molar-refractivity contribution in [3.05, 3.63) is 40.1 Å². The average molecular weight is 360 g/mol. The Hall–Kier alpha value is -2.48. The van der Waals surface area contributed by atoms with Gasteiger partial charge in [-0.15, -0.1) is 0 Å². The molecular formula is C18H24N4O4. The molecule has 0 aromatic carbocycles. The molecule has 2 N–H and O–H groups in total. The highest BCUT2D eigenvalue weighted by molar-refractivity contribution is 5.92. The van der Waals surface area contributed by atoms with Crippen molar-refractivity contribution in [2.75, 3.05) is 26.3 Å². The predicted octanol–water partition coefficient (Wildman–Crippen LogP) is 0.618. The summed E-state index contributed by atoms with van der Waals surface area (Å²) < 4.78 is 5.45. The van der Waals surface area contributed by atoms with Crippen LogP contribution in [0, 0.1) is 0 Å². The minimum atomic E-state index is -0.364. The fourth-order valence-corrected chi connectivity index (χ4v) is 3.26. The topological polar surface area (TPSA) is 104 Å². The summed E-state index contributed by atoms with van der Waals surface area (Å²) in [6, 6.07) is -0.342. The Bertz CT molecular complexity index is 722. The second kappa shape index (κ2) is 8.75. The van der Waals surface area contributed by atoms with Gasteiger partial charge < -0.3 is 19.9 Å². The van der Waals surface area contributed by atoms with E-state index in [9.17, 15) is 14.4 Å². The Morgan fingerprint density at radius 2 is 2.27 bits per heavy atom. The molecule has 3 rings (SSSR count). The van der Waals surface area contributed by atoms with Gasteiger partial charge in [0, 0.05) is 25.7 Å². The number of allylic oxidation sites excluding steroid dienone is 1. The molecule has 1 aromatic heterocycles. The normalized spacial score (nSPS) is 20.4. The molecule has 2 heterocycles. The van der Waals surface area contributed by atoms with Gasteiger partial charge in [0.25, 0.3) is 11.5 Å². The number of H-pyrrole nitrogens is 1. The minimum Gasteiger partial charge on any atom is -0.377 e. The van der Waals surface area contributed by atoms with Crippen molar-refractivity contribution in [1.29, 1.82) is 0 Å². The number of nitrogens with one attached hydrogen (secondary N) is 2. The Labute approximate surface area is 151 Å². The third-order valence-corrected chi connectivity index (χ3v) is 4.70. The first-order valence-electron chi connectivity index (χ1n) is 9.01. The number of nitrogens with zero attached hydrogens (tertiary/aromatic N) is 2. The lowest BCUT2D eigenvalue weighted by Gasteiger charge is -2.35. The molecule has 1 atom stereocenters. The number of amides is 2. The number of aromatic nitrogens is 2. The molecule has 140 valence electrons. The first-order chi connectivity index (χ1) is 12.6. The average Bonchev–Trinajstić information content (AvgIpc) is 2.68. The van der Waals surface area contributed by atoms with Crippen LogP contribution in [-0.2, 0) is 9.53 Å². The van der Waals surface area contributed by atoms with Crippen molar-refractivity contribution in [3.8, 4) is 0 Å². The van der Waals surface area contributed by atoms with Crippen LogP contribution in [-0.4, -0.2) is 59.0 Å². The molecule has 2 aliphatic rings. The highest BCUT2D eigenvalue weighted by atomic mass is 16.5. The second-order valence-electron chi connectivity index (χ2n) is 6.61. The van der Waals surface area contributed by atoms with Crippen molar-refractivity contribution < 1.29 is 14.3 Å². The van der Waals surface area contributed by atoms with Crippen molar-refractivity contribution in [2.45, 2.75) is 38.1 Å². The summed E-state index contributed by atoms with van der Waals surface area (Å²) in [7, 11) is 0. The van der Waals surface area contributed by atoms with E-state index in [1.807, 2.05) is 0 Å². The van der Waals surface area contributed by atoms with Gasteiger partial charge in [-0.3, -0.25) is 14.4 Å². The van der Waals surface area contributed by atoms with Crippen LogP contribution in [0.4, 0.5) is 0 Å². The first kappa shape index (κ1) is 18.3. The number of rotatable bonds is 5. The van der Waals surface area contributed by atoms with Crippen molar-refractivity contribution in [2.24, 2.45) is 0 Å². The highest BCUT2D eigenvalue weighted by Crippen LogP contribution is 2.17. The van der Waals surface area contributed by atoms with Crippen LogP contribution < -0.4 is 10.9 Å². The van der Waals surface area contributed by atoms with Crippen molar-refractivity contribution >= 4 is 11.8 Å². The second-order valence-corrected chi connectivity index (χ2v) is 6.61. The molecule has 1 aromatic rings. The van der Waals surface area contributed by atoms with E-state index in [1.54, 1.807) is 4.90 Å². The van der Waals surface area contributed by atoms with E-state index in [1.165, 1.54) is 24.6 Å². The Morgan fingerprint density at radius 1 is 1.38 bits per heavy atom. The fraction of sp³-hybridized carbons (Fsp3) is 0.556. The number of hydrogen-bond acceptors (Lipinski definition) is 5. The molecule has 1 fully saturated rings. The van der Waals surface area contributed by atoms with Gasteiger partial charge >= 0.3 is 0 Å². The number of ether oxygens (including phenoxy) is 1. The third kappa shape index (κ3) is 4.78. The molecule has 0 spiro atoms. The maximum atomic E-state index is 12.7. The maximum Gasteiger partial charge on any atom is 0.274 e. The zero-order chi connectivity index (χ0) is 18.4. The number of hydrogen-bond donors (Lipinski definition) is 2. The van der Waals surface area contributed by atoms with E-state index in [0.717, 1.165) is 19.0 Å². The SMILES string of the molecule is O=C(CC1COCCN1C(=O)c1c[nH]c(=O)cn1)NCC1=CCCCC1. The molecule has 8 heteroatoms. The number of carbonyl (C=O) groups is 2. The number of carbonyl (C=O) groups excluding carboxylic acids is 2.